The van der Waals surface area contributed by atoms with Crippen LogP contribution in [-0.4, -0.2) is 30.3 Å². The molecule has 0 atom stereocenters. The minimum Gasteiger partial charge on any atom is -0.469 e. The highest BCUT2D eigenvalue weighted by atomic mass is 79.9. The number of hydrogen-bond acceptors (Lipinski definition) is 6. The molecule has 0 unspecified atom stereocenters. The molecule has 0 fully saturated rings. The zero-order chi connectivity index (χ0) is 19.7. The third-order valence-electron chi connectivity index (χ3n) is 4.25. The van der Waals surface area contributed by atoms with Crippen molar-refractivity contribution in [3.63, 3.8) is 0 Å². The van der Waals surface area contributed by atoms with Crippen LogP contribution in [0.5, 0.6) is 11.5 Å². The number of nitrogens with zero attached hydrogens (tertiary/aromatic N) is 2. The molecule has 0 saturated heterocycles. The smallest absolute Gasteiger partial charge is 0.307 e. The van der Waals surface area contributed by atoms with E-state index < -0.39 is 0 Å². The van der Waals surface area contributed by atoms with Gasteiger partial charge in [-0.1, -0.05) is 23.5 Å². The predicted molar refractivity (Wildman–Crippen MR) is 107 cm³/mol. The van der Waals surface area contributed by atoms with Gasteiger partial charge in [-0.3, -0.25) is 9.59 Å². The highest BCUT2D eigenvalue weighted by molar-refractivity contribution is 9.10. The number of carbonyl (C=O) groups is 2. The summed E-state index contributed by atoms with van der Waals surface area (Å²) in [5.74, 6) is 0.569. The maximum absolute atomic E-state index is 12.7. The summed E-state index contributed by atoms with van der Waals surface area (Å²) in [6, 6.07) is 10.8. The molecule has 1 amide bonds. The molecule has 0 radical (unpaired) electrons. The molecule has 0 spiro atoms. The van der Waals surface area contributed by atoms with E-state index in [1.807, 2.05) is 22.8 Å². The number of carbonyl (C=O) groups excluding carboxylic acids is 2. The van der Waals surface area contributed by atoms with Crippen molar-refractivity contribution < 1.29 is 23.8 Å². The number of fused-ring (bicyclic) bond motifs is 2. The fourth-order valence-electron chi connectivity index (χ4n) is 2.85. The number of esters is 1. The van der Waals surface area contributed by atoms with Gasteiger partial charge in [-0.05, 0) is 28.1 Å². The van der Waals surface area contributed by atoms with E-state index in [1.54, 1.807) is 18.2 Å². The van der Waals surface area contributed by atoms with Crippen molar-refractivity contribution in [1.29, 1.82) is 0 Å². The van der Waals surface area contributed by atoms with Gasteiger partial charge in [0.25, 0.3) is 5.91 Å². The number of benzene rings is 2. The van der Waals surface area contributed by atoms with Crippen molar-refractivity contribution in [3.8, 4) is 11.5 Å². The standard InChI is InChI=1S/C19H15BrN2O5S/c1-25-17(23)6-7-22-13-8-14-15(27-10-26-14)9-16(13)28-19(22)21-18(24)11-4-2-3-5-12(11)20/h2-5,8-9H,6-7,10H2,1H3. The molecule has 1 aliphatic heterocycles. The summed E-state index contributed by atoms with van der Waals surface area (Å²) in [6.45, 7) is 0.501. The first-order valence-electron chi connectivity index (χ1n) is 8.40. The normalized spacial score (nSPS) is 13.1. The number of halogens is 1. The summed E-state index contributed by atoms with van der Waals surface area (Å²) in [5.41, 5.74) is 1.28. The molecule has 2 heterocycles. The largest absolute Gasteiger partial charge is 0.469 e. The Morgan fingerprint density at radius 1 is 1.25 bits per heavy atom. The maximum Gasteiger partial charge on any atom is 0.307 e. The van der Waals surface area contributed by atoms with Gasteiger partial charge in [0.05, 0.1) is 29.3 Å². The van der Waals surface area contributed by atoms with Crippen LogP contribution >= 0.6 is 27.3 Å². The minimum atomic E-state index is -0.370. The van der Waals surface area contributed by atoms with E-state index in [0.29, 0.717) is 32.9 Å². The van der Waals surface area contributed by atoms with E-state index in [0.717, 1.165) is 10.2 Å². The van der Waals surface area contributed by atoms with Crippen molar-refractivity contribution in [3.05, 3.63) is 51.2 Å². The lowest BCUT2D eigenvalue weighted by molar-refractivity contribution is -0.140. The average Bonchev–Trinajstić information content (AvgIpc) is 3.27. The first-order chi connectivity index (χ1) is 13.6. The van der Waals surface area contributed by atoms with Crippen LogP contribution < -0.4 is 14.3 Å². The minimum absolute atomic E-state index is 0.160. The molecule has 144 valence electrons. The molecule has 4 rings (SSSR count). The molecular weight excluding hydrogens is 448 g/mol. The van der Waals surface area contributed by atoms with Crippen LogP contribution in [0.15, 0.2) is 45.9 Å². The Morgan fingerprint density at radius 2 is 2.00 bits per heavy atom. The maximum atomic E-state index is 12.7. The van der Waals surface area contributed by atoms with Gasteiger partial charge in [0.2, 0.25) is 6.79 Å². The first-order valence-corrected chi connectivity index (χ1v) is 10.0. The molecule has 9 heteroatoms. The number of methoxy groups -OCH3 is 1. The van der Waals surface area contributed by atoms with E-state index in [9.17, 15) is 9.59 Å². The van der Waals surface area contributed by atoms with Crippen molar-refractivity contribution in [2.45, 2.75) is 13.0 Å². The average molecular weight is 463 g/mol. The van der Waals surface area contributed by atoms with E-state index in [2.05, 4.69) is 20.9 Å². The van der Waals surface area contributed by atoms with Crippen molar-refractivity contribution >= 4 is 49.4 Å². The van der Waals surface area contributed by atoms with Gasteiger partial charge in [-0.15, -0.1) is 0 Å². The fraction of sp³-hybridized carbons (Fsp3) is 0.211. The van der Waals surface area contributed by atoms with Crippen LogP contribution in [0.3, 0.4) is 0 Å². The topological polar surface area (TPSA) is 79.1 Å². The van der Waals surface area contributed by atoms with Crippen molar-refractivity contribution in [2.24, 2.45) is 4.99 Å². The number of rotatable bonds is 4. The second-order valence-corrected chi connectivity index (χ2v) is 7.80. The Kier molecular flexibility index (Phi) is 5.19. The van der Waals surface area contributed by atoms with Crippen LogP contribution in [-0.2, 0) is 16.1 Å². The van der Waals surface area contributed by atoms with Crippen LogP contribution in [0.25, 0.3) is 10.2 Å². The van der Waals surface area contributed by atoms with Crippen LogP contribution in [0.1, 0.15) is 16.8 Å². The number of thiazole rings is 1. The van der Waals surface area contributed by atoms with Crippen molar-refractivity contribution in [1.82, 2.24) is 4.57 Å². The van der Waals surface area contributed by atoms with Crippen LogP contribution in [0.4, 0.5) is 0 Å². The Morgan fingerprint density at radius 3 is 2.75 bits per heavy atom. The number of ether oxygens (including phenoxy) is 3. The zero-order valence-electron chi connectivity index (χ0n) is 14.8. The Balaban J connectivity index is 1.83. The van der Waals surface area contributed by atoms with Crippen molar-refractivity contribution in [2.75, 3.05) is 13.9 Å². The molecular formula is C19H15BrN2O5S. The second-order valence-electron chi connectivity index (χ2n) is 5.93. The number of amides is 1. The SMILES string of the molecule is COC(=O)CCn1c(=NC(=O)c2ccccc2Br)sc2cc3c(cc21)OCO3. The summed E-state index contributed by atoms with van der Waals surface area (Å²) >= 11 is 4.73. The highest BCUT2D eigenvalue weighted by Crippen LogP contribution is 2.37. The summed E-state index contributed by atoms with van der Waals surface area (Å²) in [4.78, 5) is 29.2. The molecule has 28 heavy (non-hydrogen) atoms. The number of aromatic nitrogens is 1. The van der Waals surface area contributed by atoms with E-state index >= 15 is 0 Å². The van der Waals surface area contributed by atoms with Gasteiger partial charge in [0, 0.05) is 23.2 Å². The third kappa shape index (κ3) is 3.55. The number of aryl methyl sites for hydroxylation is 1. The molecule has 7 nitrogen and oxygen atoms in total. The van der Waals surface area contributed by atoms with E-state index in [4.69, 9.17) is 14.2 Å². The van der Waals surface area contributed by atoms with Gasteiger partial charge < -0.3 is 18.8 Å². The van der Waals surface area contributed by atoms with Gasteiger partial charge in [0.1, 0.15) is 0 Å². The summed E-state index contributed by atoms with van der Waals surface area (Å²) in [6.07, 6.45) is 0.160. The lowest BCUT2D eigenvalue weighted by Gasteiger charge is -2.05. The van der Waals surface area contributed by atoms with Gasteiger partial charge in [-0.2, -0.15) is 4.99 Å². The van der Waals surface area contributed by atoms with Gasteiger partial charge in [-0.25, -0.2) is 0 Å². The Bertz CT molecular complexity index is 1150. The molecule has 1 aromatic heterocycles. The molecule has 0 aliphatic carbocycles. The number of hydrogen-bond donors (Lipinski definition) is 0. The van der Waals surface area contributed by atoms with E-state index in [1.165, 1.54) is 18.4 Å². The Hall–Kier alpha value is -2.65. The molecule has 0 N–H and O–H groups in total. The van der Waals surface area contributed by atoms with Gasteiger partial charge in [0.15, 0.2) is 16.3 Å². The molecule has 3 aromatic rings. The first kappa shape index (κ1) is 18.7. The highest BCUT2D eigenvalue weighted by Gasteiger charge is 2.19. The zero-order valence-corrected chi connectivity index (χ0v) is 17.2. The molecule has 0 saturated carbocycles. The molecule has 0 bridgehead atoms. The van der Waals surface area contributed by atoms with Crippen LogP contribution in [0.2, 0.25) is 0 Å². The molecule has 1 aliphatic rings. The fourth-order valence-corrected chi connectivity index (χ4v) is 4.37. The van der Waals surface area contributed by atoms with Crippen LogP contribution in [0, 0.1) is 0 Å². The predicted octanol–water partition coefficient (Wildman–Crippen LogP) is 3.50. The monoisotopic (exact) mass is 462 g/mol. The summed E-state index contributed by atoms with van der Waals surface area (Å²) in [7, 11) is 1.35. The quantitative estimate of drug-likeness (QED) is 0.554. The van der Waals surface area contributed by atoms with E-state index in [-0.39, 0.29) is 25.1 Å². The lowest BCUT2D eigenvalue weighted by Crippen LogP contribution is -2.19. The summed E-state index contributed by atoms with van der Waals surface area (Å²) in [5, 5.41) is 0. The third-order valence-corrected chi connectivity index (χ3v) is 5.98. The Labute approximate surface area is 172 Å². The lowest BCUT2D eigenvalue weighted by atomic mass is 10.2. The summed E-state index contributed by atoms with van der Waals surface area (Å²) < 4.78 is 19.0. The van der Waals surface area contributed by atoms with Gasteiger partial charge >= 0.3 is 5.97 Å². The molecule has 2 aromatic carbocycles. The second kappa shape index (κ2) is 7.76.